The molecule has 4 aromatic heterocycles. The second-order valence-electron chi connectivity index (χ2n) is 9.68. The first-order valence-corrected chi connectivity index (χ1v) is 13.0. The molecule has 0 bridgehead atoms. The van der Waals surface area contributed by atoms with Crippen LogP contribution in [-0.4, -0.2) is 43.2 Å². The van der Waals surface area contributed by atoms with Gasteiger partial charge in [-0.05, 0) is 54.7 Å². The Bertz CT molecular complexity index is 1720. The predicted molar refractivity (Wildman–Crippen MR) is 149 cm³/mol. The summed E-state index contributed by atoms with van der Waals surface area (Å²) < 4.78 is 6.01. The van der Waals surface area contributed by atoms with Crippen molar-refractivity contribution in [3.63, 3.8) is 0 Å². The standard InChI is InChI=1S/C30H27N7O/c1-3-7-20(8-4-1)19-38-23-15-22(17-31-18-23)21-9-10-25-24(16-21)27(36-35-25)29-33-26-11-12-32-30(28(26)34-29)37-13-5-2-6-14-37/h1,3-4,7-12,15-18H,2,5-6,13-14,19H2,(H,33,34)(H,35,36). The van der Waals surface area contributed by atoms with E-state index in [1.54, 1.807) is 6.20 Å². The Hall–Kier alpha value is -4.72. The van der Waals surface area contributed by atoms with Crippen molar-refractivity contribution < 1.29 is 4.74 Å². The first-order valence-electron chi connectivity index (χ1n) is 13.0. The number of H-pyrrole nitrogens is 2. The van der Waals surface area contributed by atoms with E-state index in [2.05, 4.69) is 54.3 Å². The van der Waals surface area contributed by atoms with Gasteiger partial charge in [0.15, 0.2) is 11.6 Å². The van der Waals surface area contributed by atoms with E-state index in [1.807, 2.05) is 48.8 Å². The predicted octanol–water partition coefficient (Wildman–Crippen LogP) is 6.13. The molecular formula is C30H27N7O. The maximum Gasteiger partial charge on any atom is 0.159 e. The van der Waals surface area contributed by atoms with Gasteiger partial charge in [0.05, 0.1) is 17.2 Å². The number of nitrogens with one attached hydrogen (secondary N) is 2. The molecule has 5 heterocycles. The van der Waals surface area contributed by atoms with Gasteiger partial charge in [0.2, 0.25) is 0 Å². The van der Waals surface area contributed by atoms with Crippen molar-refractivity contribution in [1.29, 1.82) is 0 Å². The Morgan fingerprint density at radius 1 is 0.868 bits per heavy atom. The lowest BCUT2D eigenvalue weighted by atomic mass is 10.0. The van der Waals surface area contributed by atoms with E-state index in [4.69, 9.17) is 9.72 Å². The molecule has 0 atom stereocenters. The van der Waals surface area contributed by atoms with Crippen molar-refractivity contribution in [2.24, 2.45) is 0 Å². The molecule has 2 aromatic carbocycles. The molecule has 1 aliphatic heterocycles. The van der Waals surface area contributed by atoms with Gasteiger partial charge in [-0.25, -0.2) is 9.97 Å². The molecule has 0 radical (unpaired) electrons. The van der Waals surface area contributed by atoms with Crippen LogP contribution in [0.5, 0.6) is 5.75 Å². The van der Waals surface area contributed by atoms with Crippen LogP contribution >= 0.6 is 0 Å². The summed E-state index contributed by atoms with van der Waals surface area (Å²) in [6, 6.07) is 20.4. The number of fused-ring (bicyclic) bond motifs is 2. The van der Waals surface area contributed by atoms with Gasteiger partial charge in [-0.2, -0.15) is 5.10 Å². The van der Waals surface area contributed by atoms with Gasteiger partial charge in [-0.3, -0.25) is 10.1 Å². The number of anilines is 1. The van der Waals surface area contributed by atoms with Gasteiger partial charge >= 0.3 is 0 Å². The molecule has 188 valence electrons. The summed E-state index contributed by atoms with van der Waals surface area (Å²) in [6.07, 6.45) is 9.11. The fourth-order valence-corrected chi connectivity index (χ4v) is 5.14. The second kappa shape index (κ2) is 9.63. The average molecular weight is 502 g/mol. The Labute approximate surface area is 219 Å². The maximum absolute atomic E-state index is 6.01. The summed E-state index contributed by atoms with van der Waals surface area (Å²) in [4.78, 5) is 19.9. The topological polar surface area (TPSA) is 95.6 Å². The van der Waals surface area contributed by atoms with Crippen molar-refractivity contribution in [3.05, 3.63) is 84.8 Å². The molecule has 38 heavy (non-hydrogen) atoms. The minimum absolute atomic E-state index is 0.497. The largest absolute Gasteiger partial charge is 0.487 e. The number of rotatable bonds is 6. The monoisotopic (exact) mass is 501 g/mol. The fraction of sp³-hybridized carbons (Fsp3) is 0.200. The third-order valence-corrected chi connectivity index (χ3v) is 7.12. The van der Waals surface area contributed by atoms with E-state index in [9.17, 15) is 0 Å². The lowest BCUT2D eigenvalue weighted by Crippen LogP contribution is -2.30. The van der Waals surface area contributed by atoms with Crippen molar-refractivity contribution >= 4 is 27.8 Å². The Morgan fingerprint density at radius 3 is 2.66 bits per heavy atom. The Morgan fingerprint density at radius 2 is 1.76 bits per heavy atom. The fourth-order valence-electron chi connectivity index (χ4n) is 5.14. The van der Waals surface area contributed by atoms with Crippen LogP contribution in [0.2, 0.25) is 0 Å². The SMILES string of the molecule is c1ccc(COc2cncc(-c3ccc4[nH]nc(-c5nc6c(N7CCCCC7)nccc6[nH]5)c4c3)c2)cc1. The highest BCUT2D eigenvalue weighted by atomic mass is 16.5. The number of benzene rings is 2. The van der Waals surface area contributed by atoms with Crippen molar-refractivity contribution in [2.45, 2.75) is 25.9 Å². The van der Waals surface area contributed by atoms with Crippen LogP contribution in [0.1, 0.15) is 24.8 Å². The van der Waals surface area contributed by atoms with Gasteiger partial charge in [0.25, 0.3) is 0 Å². The van der Waals surface area contributed by atoms with E-state index < -0.39 is 0 Å². The zero-order valence-electron chi connectivity index (χ0n) is 20.9. The molecule has 8 nitrogen and oxygen atoms in total. The van der Waals surface area contributed by atoms with E-state index in [0.29, 0.717) is 6.61 Å². The van der Waals surface area contributed by atoms with E-state index in [1.165, 1.54) is 19.3 Å². The van der Waals surface area contributed by atoms with Gasteiger partial charge in [0, 0.05) is 36.4 Å². The minimum Gasteiger partial charge on any atom is -0.487 e. The normalized spacial score (nSPS) is 13.8. The molecule has 0 unspecified atom stereocenters. The summed E-state index contributed by atoms with van der Waals surface area (Å²) in [6.45, 7) is 2.54. The zero-order chi connectivity index (χ0) is 25.3. The van der Waals surface area contributed by atoms with Gasteiger partial charge in [-0.1, -0.05) is 36.4 Å². The van der Waals surface area contributed by atoms with Crippen LogP contribution in [0.4, 0.5) is 5.82 Å². The third-order valence-electron chi connectivity index (χ3n) is 7.12. The lowest BCUT2D eigenvalue weighted by molar-refractivity contribution is 0.305. The van der Waals surface area contributed by atoms with Crippen molar-refractivity contribution in [1.82, 2.24) is 30.1 Å². The van der Waals surface area contributed by atoms with Crippen molar-refractivity contribution in [3.8, 4) is 28.4 Å². The summed E-state index contributed by atoms with van der Waals surface area (Å²) in [5.41, 5.74) is 6.72. The summed E-state index contributed by atoms with van der Waals surface area (Å²) in [7, 11) is 0. The number of aromatic amines is 2. The zero-order valence-corrected chi connectivity index (χ0v) is 20.9. The van der Waals surface area contributed by atoms with Crippen LogP contribution < -0.4 is 9.64 Å². The molecule has 0 aliphatic carbocycles. The first-order chi connectivity index (χ1) is 18.8. The summed E-state index contributed by atoms with van der Waals surface area (Å²) in [5, 5.41) is 8.78. The van der Waals surface area contributed by atoms with Crippen LogP contribution in [0.3, 0.4) is 0 Å². The molecule has 1 fully saturated rings. The molecule has 1 saturated heterocycles. The van der Waals surface area contributed by atoms with E-state index >= 15 is 0 Å². The number of imidazole rings is 1. The Kier molecular flexibility index (Phi) is 5.69. The van der Waals surface area contributed by atoms with Crippen LogP contribution in [0, 0.1) is 0 Å². The quantitative estimate of drug-likeness (QED) is 0.285. The highest BCUT2D eigenvalue weighted by Gasteiger charge is 2.19. The van der Waals surface area contributed by atoms with E-state index in [-0.39, 0.29) is 0 Å². The van der Waals surface area contributed by atoms with E-state index in [0.717, 1.165) is 74.8 Å². The molecule has 0 saturated carbocycles. The highest BCUT2D eigenvalue weighted by molar-refractivity contribution is 5.97. The second-order valence-corrected chi connectivity index (χ2v) is 9.68. The van der Waals surface area contributed by atoms with Gasteiger partial charge in [0.1, 0.15) is 23.6 Å². The first kappa shape index (κ1) is 22.5. The summed E-state index contributed by atoms with van der Waals surface area (Å²) in [5.74, 6) is 2.41. The number of aromatic nitrogens is 6. The molecular weight excluding hydrogens is 474 g/mol. The van der Waals surface area contributed by atoms with Gasteiger partial charge in [-0.15, -0.1) is 0 Å². The Balaban J connectivity index is 1.22. The number of piperidine rings is 1. The average Bonchev–Trinajstić information content (AvgIpc) is 3.61. The van der Waals surface area contributed by atoms with Gasteiger partial charge < -0.3 is 14.6 Å². The molecule has 1 aliphatic rings. The van der Waals surface area contributed by atoms with Crippen LogP contribution in [0.15, 0.2) is 79.3 Å². The molecule has 8 heteroatoms. The van der Waals surface area contributed by atoms with Crippen LogP contribution in [0.25, 0.3) is 44.6 Å². The molecule has 7 rings (SSSR count). The third kappa shape index (κ3) is 4.24. The maximum atomic E-state index is 6.01. The lowest BCUT2D eigenvalue weighted by Gasteiger charge is -2.27. The number of nitrogens with zero attached hydrogens (tertiary/aromatic N) is 5. The van der Waals surface area contributed by atoms with Crippen LogP contribution in [-0.2, 0) is 6.61 Å². The number of hydrogen-bond acceptors (Lipinski definition) is 6. The van der Waals surface area contributed by atoms with Crippen molar-refractivity contribution in [2.75, 3.05) is 18.0 Å². The molecule has 2 N–H and O–H groups in total. The molecule has 6 aromatic rings. The highest BCUT2D eigenvalue weighted by Crippen LogP contribution is 2.33. The summed E-state index contributed by atoms with van der Waals surface area (Å²) >= 11 is 0. The number of pyridine rings is 2. The molecule has 0 spiro atoms. The minimum atomic E-state index is 0.497. The molecule has 0 amide bonds. The number of ether oxygens (including phenoxy) is 1. The smallest absolute Gasteiger partial charge is 0.159 e. The number of hydrogen-bond donors (Lipinski definition) is 2.